The second kappa shape index (κ2) is 8.98. The molecule has 2 aromatic rings. The monoisotopic (exact) mass is 534 g/mol. The number of halogens is 6. The molecule has 0 aromatic heterocycles. The number of nitrogens with zero attached hydrogens (tertiary/aromatic N) is 2. The largest absolute Gasteiger partial charge is 0.453 e. The molecule has 0 radical (unpaired) electrons. The van der Waals surface area contributed by atoms with Crippen LogP contribution in [0.1, 0.15) is 31.9 Å². The number of hydrogen-bond acceptors (Lipinski definition) is 6. The van der Waals surface area contributed by atoms with Crippen LogP contribution in [0.3, 0.4) is 0 Å². The minimum Gasteiger partial charge on any atom is -0.453 e. The number of rotatable bonds is 1. The minimum absolute atomic E-state index is 0.00236. The Balaban J connectivity index is 1.82. The summed E-state index contributed by atoms with van der Waals surface area (Å²) >= 11 is 0. The summed E-state index contributed by atoms with van der Waals surface area (Å²) in [6.45, 7) is 4.33. The summed E-state index contributed by atoms with van der Waals surface area (Å²) < 4.78 is 91.0. The zero-order valence-electron chi connectivity index (χ0n) is 19.9. The summed E-state index contributed by atoms with van der Waals surface area (Å²) in [7, 11) is 0. The summed E-state index contributed by atoms with van der Waals surface area (Å²) in [4.78, 5) is 15.1. The van der Waals surface area contributed by atoms with E-state index in [1.807, 2.05) is 0 Å². The van der Waals surface area contributed by atoms with Crippen molar-refractivity contribution < 1.29 is 50.8 Å². The van der Waals surface area contributed by atoms with E-state index in [0.29, 0.717) is 12.1 Å². The summed E-state index contributed by atoms with van der Waals surface area (Å²) in [5.41, 5.74) is -3.07. The van der Waals surface area contributed by atoms with Gasteiger partial charge in [0.25, 0.3) is 0 Å². The Bertz CT molecular complexity index is 1130. The predicted octanol–water partition coefficient (Wildman–Crippen LogP) is 5.31. The number of carbonyl (C=O) groups excluding carboxylic acids is 1. The Morgan fingerprint density at radius 3 is 1.81 bits per heavy atom. The fraction of sp³-hybridized carbons (Fsp3) is 0.458. The van der Waals surface area contributed by atoms with Gasteiger partial charge < -0.3 is 29.5 Å². The third kappa shape index (κ3) is 5.42. The van der Waals surface area contributed by atoms with Gasteiger partial charge in [0.05, 0.1) is 41.2 Å². The maximum Gasteiger partial charge on any atom is 0.416 e. The van der Waals surface area contributed by atoms with Crippen molar-refractivity contribution in [3.63, 3.8) is 0 Å². The number of amides is 1. The van der Waals surface area contributed by atoms with Gasteiger partial charge in [-0.15, -0.1) is 0 Å². The Hall–Kier alpha value is -3.19. The van der Waals surface area contributed by atoms with Crippen LogP contribution in [0, 0.1) is 0 Å². The average molecular weight is 534 g/mol. The van der Waals surface area contributed by atoms with Gasteiger partial charge in [-0.3, -0.25) is 0 Å². The zero-order valence-corrected chi connectivity index (χ0v) is 19.9. The van der Waals surface area contributed by atoms with Crippen LogP contribution in [-0.4, -0.2) is 58.1 Å². The highest BCUT2D eigenvalue weighted by molar-refractivity contribution is 5.80. The molecule has 0 saturated carbocycles. The number of β-amino-alcohol motifs (C(OH)–C–C–N with tert-alkyl or cyclic N) is 1. The van der Waals surface area contributed by atoms with E-state index in [2.05, 4.69) is 0 Å². The van der Waals surface area contributed by atoms with Crippen molar-refractivity contribution in [2.24, 2.45) is 0 Å². The highest BCUT2D eigenvalue weighted by Gasteiger charge is 2.45. The predicted molar refractivity (Wildman–Crippen MR) is 119 cm³/mol. The normalized spacial score (nSPS) is 22.2. The van der Waals surface area contributed by atoms with Crippen LogP contribution in [0.2, 0.25) is 0 Å². The molecule has 2 aliphatic heterocycles. The topological polar surface area (TPSA) is 82.5 Å². The van der Waals surface area contributed by atoms with Crippen LogP contribution in [0.25, 0.3) is 0 Å². The number of fused-ring (bicyclic) bond motifs is 2. The van der Waals surface area contributed by atoms with Crippen LogP contribution < -0.4 is 9.64 Å². The van der Waals surface area contributed by atoms with Crippen LogP contribution in [0.5, 0.6) is 11.5 Å². The Kier molecular flexibility index (Phi) is 6.52. The van der Waals surface area contributed by atoms with E-state index in [1.165, 1.54) is 4.90 Å². The molecule has 0 bridgehead atoms. The Morgan fingerprint density at radius 1 is 0.892 bits per heavy atom. The van der Waals surface area contributed by atoms with Crippen molar-refractivity contribution in [3.8, 4) is 11.5 Å². The van der Waals surface area contributed by atoms with E-state index in [9.17, 15) is 41.4 Å². The minimum atomic E-state index is -4.76. The number of carbonyl (C=O) groups is 1. The summed E-state index contributed by atoms with van der Waals surface area (Å²) in [6, 6.07) is 3.76. The second-order valence-corrected chi connectivity index (χ2v) is 9.84. The van der Waals surface area contributed by atoms with Crippen LogP contribution in [-0.2, 0) is 17.1 Å². The van der Waals surface area contributed by atoms with Crippen molar-refractivity contribution in [2.75, 3.05) is 18.0 Å². The Labute approximate surface area is 207 Å². The van der Waals surface area contributed by atoms with E-state index in [-0.39, 0.29) is 24.5 Å². The van der Waals surface area contributed by atoms with Crippen LogP contribution in [0.4, 0.5) is 42.5 Å². The van der Waals surface area contributed by atoms with Gasteiger partial charge in [0.15, 0.2) is 11.5 Å². The summed E-state index contributed by atoms with van der Waals surface area (Å²) in [5.74, 6) is -0.810. The third-order valence-corrected chi connectivity index (χ3v) is 5.90. The molecule has 3 atom stereocenters. The average Bonchev–Trinajstić information content (AvgIpc) is 2.76. The number of benzene rings is 2. The molecule has 4 rings (SSSR count). The zero-order chi connectivity index (χ0) is 27.5. The molecule has 2 heterocycles. The molecule has 1 fully saturated rings. The molecular weight excluding hydrogens is 510 g/mol. The number of hydrogen-bond donors (Lipinski definition) is 2. The molecule has 7 nitrogen and oxygen atoms in total. The molecule has 0 unspecified atom stereocenters. The number of ether oxygens (including phenoxy) is 2. The molecule has 37 heavy (non-hydrogen) atoms. The number of aliphatic hydroxyl groups excluding tert-OH is 2. The number of alkyl halides is 6. The number of piperidine rings is 1. The molecule has 0 aliphatic carbocycles. The molecule has 13 heteroatoms. The van der Waals surface area contributed by atoms with Crippen molar-refractivity contribution in [1.29, 1.82) is 0 Å². The van der Waals surface area contributed by atoms with Gasteiger partial charge in [-0.05, 0) is 57.2 Å². The Morgan fingerprint density at radius 2 is 1.38 bits per heavy atom. The van der Waals surface area contributed by atoms with Gasteiger partial charge in [-0.2, -0.15) is 26.3 Å². The first kappa shape index (κ1) is 26.9. The second-order valence-electron chi connectivity index (χ2n) is 9.84. The third-order valence-electron chi connectivity index (χ3n) is 5.90. The van der Waals surface area contributed by atoms with Gasteiger partial charge in [0, 0.05) is 6.54 Å². The first-order valence-corrected chi connectivity index (χ1v) is 11.2. The molecular formula is C24H24F6N2O5. The molecule has 2 N–H and O–H groups in total. The first-order valence-electron chi connectivity index (χ1n) is 11.2. The number of anilines is 2. The van der Waals surface area contributed by atoms with Crippen molar-refractivity contribution in [2.45, 2.75) is 57.0 Å². The lowest BCUT2D eigenvalue weighted by atomic mass is 9.95. The SMILES string of the molecule is CC(C)(C)OC(=O)N1C[C@H](O)[C@@H](O)[C@@H](N2c3ccc(C(F)(F)F)cc3Oc3cc(C(F)(F)F)ccc32)C1. The lowest BCUT2D eigenvalue weighted by molar-refractivity contribution is -0.138. The van der Waals surface area contributed by atoms with E-state index < -0.39 is 64.9 Å². The highest BCUT2D eigenvalue weighted by Crippen LogP contribution is 2.51. The van der Waals surface area contributed by atoms with Crippen LogP contribution >= 0.6 is 0 Å². The molecule has 1 amide bonds. The lowest BCUT2D eigenvalue weighted by Gasteiger charge is -2.47. The summed E-state index contributed by atoms with van der Waals surface area (Å²) in [5, 5.41) is 21.4. The molecule has 1 saturated heterocycles. The van der Waals surface area contributed by atoms with E-state index in [1.54, 1.807) is 20.8 Å². The van der Waals surface area contributed by atoms with Crippen molar-refractivity contribution in [3.05, 3.63) is 47.5 Å². The number of aliphatic hydroxyl groups is 2. The molecule has 2 aliphatic rings. The smallest absolute Gasteiger partial charge is 0.416 e. The number of likely N-dealkylation sites (tertiary alicyclic amines) is 1. The van der Waals surface area contributed by atoms with Gasteiger partial charge in [0.2, 0.25) is 0 Å². The van der Waals surface area contributed by atoms with E-state index >= 15 is 0 Å². The quantitative estimate of drug-likeness (QED) is 0.483. The van der Waals surface area contributed by atoms with E-state index in [0.717, 1.165) is 29.2 Å². The maximum atomic E-state index is 13.4. The van der Waals surface area contributed by atoms with Crippen molar-refractivity contribution >= 4 is 17.5 Å². The van der Waals surface area contributed by atoms with E-state index in [4.69, 9.17) is 9.47 Å². The fourth-order valence-corrected chi connectivity index (χ4v) is 4.26. The lowest BCUT2D eigenvalue weighted by Crippen LogP contribution is -2.62. The maximum absolute atomic E-state index is 13.4. The van der Waals surface area contributed by atoms with Crippen LogP contribution in [0.15, 0.2) is 36.4 Å². The van der Waals surface area contributed by atoms with Gasteiger partial charge >= 0.3 is 18.4 Å². The molecule has 2 aromatic carbocycles. The standard InChI is InChI=1S/C24H24F6N2O5/c1-22(2,3)37-21(35)31-10-16(20(34)17(33)11-31)32-14-6-4-12(23(25,26)27)8-18(14)36-19-9-13(24(28,29)30)5-7-15(19)32/h4-9,16-17,20,33-34H,10-11H2,1-3H3/t16-,17-,20-/m0/s1. The molecule has 202 valence electrons. The van der Waals surface area contributed by atoms with Crippen molar-refractivity contribution in [1.82, 2.24) is 4.90 Å². The first-order chi connectivity index (χ1) is 17.0. The van der Waals surface area contributed by atoms with Gasteiger partial charge in [-0.1, -0.05) is 0 Å². The highest BCUT2D eigenvalue weighted by atomic mass is 19.4. The summed E-state index contributed by atoms with van der Waals surface area (Å²) in [6.07, 6.45) is -13.3. The molecule has 0 spiro atoms. The fourth-order valence-electron chi connectivity index (χ4n) is 4.26. The van der Waals surface area contributed by atoms with Gasteiger partial charge in [-0.25, -0.2) is 4.79 Å². The van der Waals surface area contributed by atoms with Gasteiger partial charge in [0.1, 0.15) is 11.7 Å².